The number of hydrogen-bond donors (Lipinski definition) is 1. The van der Waals surface area contributed by atoms with E-state index >= 15 is 0 Å². The van der Waals surface area contributed by atoms with Crippen LogP contribution in [-0.4, -0.2) is 18.7 Å². The molecule has 2 rings (SSSR count). The third-order valence-electron chi connectivity index (χ3n) is 3.87. The summed E-state index contributed by atoms with van der Waals surface area (Å²) < 4.78 is 0. The smallest absolute Gasteiger partial charge is 0.216 e. The molecule has 2 saturated carbocycles. The molecular weight excluding hydrogens is 178 g/mol. The summed E-state index contributed by atoms with van der Waals surface area (Å²) in [5, 5.41) is 2.88. The molecule has 2 atom stereocenters. The normalized spacial score (nSPS) is 37.4. The van der Waals surface area contributed by atoms with Crippen LogP contribution in [0.1, 0.15) is 33.1 Å². The van der Waals surface area contributed by atoms with E-state index in [0.29, 0.717) is 5.92 Å². The average Bonchev–Trinajstić information content (AvgIpc) is 2.99. The predicted molar refractivity (Wildman–Crippen MR) is 52.6 cm³/mol. The molecule has 1 N–H and O–H groups in total. The number of rotatable bonds is 4. The highest BCUT2D eigenvalue weighted by Crippen LogP contribution is 2.68. The number of aldehydes is 1. The van der Waals surface area contributed by atoms with Crippen molar-refractivity contribution in [3.63, 3.8) is 0 Å². The van der Waals surface area contributed by atoms with E-state index in [0.717, 1.165) is 19.3 Å². The monoisotopic (exact) mass is 195 g/mol. The van der Waals surface area contributed by atoms with E-state index in [1.54, 1.807) is 6.92 Å². The SMILES string of the molecule is CC(=O)NCC1(C2CC2(C)C=O)CC1. The molecule has 2 fully saturated rings. The largest absolute Gasteiger partial charge is 0.356 e. The highest BCUT2D eigenvalue weighted by Gasteiger charge is 2.65. The second-order valence-corrected chi connectivity index (χ2v) is 5.15. The van der Waals surface area contributed by atoms with Crippen LogP contribution in [0.25, 0.3) is 0 Å². The maximum absolute atomic E-state index is 10.8. The fraction of sp³-hybridized carbons (Fsp3) is 0.818. The van der Waals surface area contributed by atoms with Crippen molar-refractivity contribution in [1.29, 1.82) is 0 Å². The minimum atomic E-state index is -0.0883. The third kappa shape index (κ3) is 1.45. The molecule has 0 aromatic carbocycles. The van der Waals surface area contributed by atoms with Crippen molar-refractivity contribution in [2.75, 3.05) is 6.54 Å². The van der Waals surface area contributed by atoms with Crippen molar-refractivity contribution < 1.29 is 9.59 Å². The Morgan fingerprint density at radius 1 is 1.57 bits per heavy atom. The first-order valence-corrected chi connectivity index (χ1v) is 5.23. The Balaban J connectivity index is 1.92. The molecular formula is C11H17NO2. The number of amides is 1. The highest BCUT2D eigenvalue weighted by atomic mass is 16.1. The van der Waals surface area contributed by atoms with E-state index in [9.17, 15) is 9.59 Å². The first-order valence-electron chi connectivity index (χ1n) is 5.23. The van der Waals surface area contributed by atoms with Gasteiger partial charge >= 0.3 is 0 Å². The fourth-order valence-corrected chi connectivity index (χ4v) is 2.54. The van der Waals surface area contributed by atoms with Gasteiger partial charge < -0.3 is 10.1 Å². The van der Waals surface area contributed by atoms with Gasteiger partial charge in [-0.2, -0.15) is 0 Å². The van der Waals surface area contributed by atoms with Crippen LogP contribution in [0.5, 0.6) is 0 Å². The third-order valence-corrected chi connectivity index (χ3v) is 3.87. The molecule has 78 valence electrons. The number of hydrogen-bond acceptors (Lipinski definition) is 2. The summed E-state index contributed by atoms with van der Waals surface area (Å²) in [6.45, 7) is 4.33. The topological polar surface area (TPSA) is 46.2 Å². The van der Waals surface area contributed by atoms with Crippen LogP contribution in [0.2, 0.25) is 0 Å². The molecule has 0 aromatic heterocycles. The van der Waals surface area contributed by atoms with E-state index in [1.807, 2.05) is 6.92 Å². The Hall–Kier alpha value is -0.860. The van der Waals surface area contributed by atoms with Crippen molar-refractivity contribution in [3.8, 4) is 0 Å². The van der Waals surface area contributed by atoms with Crippen LogP contribution >= 0.6 is 0 Å². The molecule has 0 aromatic rings. The fourth-order valence-electron chi connectivity index (χ4n) is 2.54. The first kappa shape index (κ1) is 9.69. The van der Waals surface area contributed by atoms with Crippen molar-refractivity contribution >= 4 is 12.2 Å². The molecule has 0 bridgehead atoms. The lowest BCUT2D eigenvalue weighted by molar-refractivity contribution is -0.119. The van der Waals surface area contributed by atoms with Crippen LogP contribution < -0.4 is 5.32 Å². The number of carbonyl (C=O) groups excluding carboxylic acids is 2. The Morgan fingerprint density at radius 3 is 2.57 bits per heavy atom. The van der Waals surface area contributed by atoms with Gasteiger partial charge in [-0.05, 0) is 30.6 Å². The van der Waals surface area contributed by atoms with Gasteiger partial charge in [-0.15, -0.1) is 0 Å². The van der Waals surface area contributed by atoms with Gasteiger partial charge in [-0.3, -0.25) is 4.79 Å². The summed E-state index contributed by atoms with van der Waals surface area (Å²) in [5.41, 5.74) is 0.177. The lowest BCUT2D eigenvalue weighted by Gasteiger charge is -2.16. The number of carbonyl (C=O) groups is 2. The molecule has 0 spiro atoms. The minimum Gasteiger partial charge on any atom is -0.356 e. The predicted octanol–water partition coefficient (Wildman–Crippen LogP) is 1.13. The van der Waals surface area contributed by atoms with Gasteiger partial charge in [-0.25, -0.2) is 0 Å². The van der Waals surface area contributed by atoms with Gasteiger partial charge in [0.15, 0.2) is 0 Å². The lowest BCUT2D eigenvalue weighted by atomic mass is 9.94. The van der Waals surface area contributed by atoms with Crippen molar-refractivity contribution in [1.82, 2.24) is 5.32 Å². The van der Waals surface area contributed by atoms with Crippen molar-refractivity contribution in [3.05, 3.63) is 0 Å². The van der Waals surface area contributed by atoms with Crippen LogP contribution in [0.3, 0.4) is 0 Å². The molecule has 0 radical (unpaired) electrons. The minimum absolute atomic E-state index is 0.0322. The summed E-state index contributed by atoms with van der Waals surface area (Å²) in [6.07, 6.45) is 4.43. The van der Waals surface area contributed by atoms with E-state index in [2.05, 4.69) is 5.32 Å². The van der Waals surface area contributed by atoms with Gasteiger partial charge in [0.25, 0.3) is 0 Å². The van der Waals surface area contributed by atoms with E-state index in [4.69, 9.17) is 0 Å². The Labute approximate surface area is 84.2 Å². The van der Waals surface area contributed by atoms with Crippen molar-refractivity contribution in [2.45, 2.75) is 33.1 Å². The summed E-state index contributed by atoms with van der Waals surface area (Å²) in [7, 11) is 0. The summed E-state index contributed by atoms with van der Waals surface area (Å²) >= 11 is 0. The Kier molecular flexibility index (Phi) is 1.95. The van der Waals surface area contributed by atoms with Gasteiger partial charge in [0, 0.05) is 18.9 Å². The van der Waals surface area contributed by atoms with Crippen molar-refractivity contribution in [2.24, 2.45) is 16.7 Å². The zero-order valence-corrected chi connectivity index (χ0v) is 8.80. The molecule has 3 nitrogen and oxygen atoms in total. The molecule has 0 aliphatic heterocycles. The standard InChI is InChI=1S/C11H17NO2/c1-8(14)12-6-11(3-4-11)9-5-10(9,2)7-13/h7,9H,3-6H2,1-2H3,(H,12,14). The van der Waals surface area contributed by atoms with Crippen LogP contribution in [0, 0.1) is 16.7 Å². The maximum atomic E-state index is 10.8. The molecule has 3 heteroatoms. The van der Waals surface area contributed by atoms with Crippen LogP contribution in [0.15, 0.2) is 0 Å². The van der Waals surface area contributed by atoms with Crippen LogP contribution in [-0.2, 0) is 9.59 Å². The summed E-state index contributed by atoms with van der Waals surface area (Å²) in [4.78, 5) is 21.6. The van der Waals surface area contributed by atoms with Gasteiger partial charge in [0.2, 0.25) is 5.91 Å². The molecule has 2 aliphatic carbocycles. The second kappa shape index (κ2) is 2.81. The summed E-state index contributed by atoms with van der Waals surface area (Å²) in [6, 6.07) is 0. The Bertz CT molecular complexity index is 283. The average molecular weight is 195 g/mol. The second-order valence-electron chi connectivity index (χ2n) is 5.15. The van der Waals surface area contributed by atoms with E-state index in [1.165, 1.54) is 12.8 Å². The maximum Gasteiger partial charge on any atom is 0.216 e. The first-order chi connectivity index (χ1) is 6.52. The zero-order chi connectivity index (χ0) is 10.4. The van der Waals surface area contributed by atoms with Crippen LogP contribution in [0.4, 0.5) is 0 Å². The van der Waals surface area contributed by atoms with E-state index in [-0.39, 0.29) is 16.7 Å². The number of nitrogens with one attached hydrogen (secondary N) is 1. The Morgan fingerprint density at radius 2 is 2.21 bits per heavy atom. The highest BCUT2D eigenvalue weighted by molar-refractivity contribution is 5.73. The molecule has 0 saturated heterocycles. The van der Waals surface area contributed by atoms with Gasteiger partial charge in [0.1, 0.15) is 6.29 Å². The zero-order valence-electron chi connectivity index (χ0n) is 8.80. The molecule has 0 heterocycles. The molecule has 1 amide bonds. The quantitative estimate of drug-likeness (QED) is 0.683. The van der Waals surface area contributed by atoms with Gasteiger partial charge in [-0.1, -0.05) is 6.92 Å². The molecule has 2 aliphatic rings. The van der Waals surface area contributed by atoms with E-state index < -0.39 is 0 Å². The molecule has 2 unspecified atom stereocenters. The molecule has 14 heavy (non-hydrogen) atoms. The summed E-state index contributed by atoms with van der Waals surface area (Å²) in [5.74, 6) is 0.545. The van der Waals surface area contributed by atoms with Gasteiger partial charge in [0.05, 0.1) is 0 Å². The lowest BCUT2D eigenvalue weighted by Crippen LogP contribution is -2.30.